The van der Waals surface area contributed by atoms with E-state index < -0.39 is 0 Å². The van der Waals surface area contributed by atoms with Crippen LogP contribution in [-0.4, -0.2) is 20.0 Å². The maximum absolute atomic E-state index is 5.78. The molecule has 0 radical (unpaired) electrons. The summed E-state index contributed by atoms with van der Waals surface area (Å²) in [5.41, 5.74) is 10.4. The molecular formula is C11H19N7. The minimum absolute atomic E-state index is 0.0979. The number of hydrazine groups is 1. The van der Waals surface area contributed by atoms with Crippen LogP contribution >= 0.6 is 0 Å². The Kier molecular flexibility index (Phi) is 3.63. The molecule has 0 aliphatic carbocycles. The quantitative estimate of drug-likeness (QED) is 0.456. The van der Waals surface area contributed by atoms with Crippen molar-refractivity contribution in [2.45, 2.75) is 32.4 Å². The first kappa shape index (κ1) is 12.6. The van der Waals surface area contributed by atoms with Crippen LogP contribution in [0.5, 0.6) is 0 Å². The SMILES string of the molecule is CC(C)n1ccc(CC(NN)c2cn[nH]c2N)n1. The summed E-state index contributed by atoms with van der Waals surface area (Å²) in [7, 11) is 0. The Morgan fingerprint density at radius 1 is 1.50 bits per heavy atom. The Bertz CT molecular complexity index is 499. The van der Waals surface area contributed by atoms with Gasteiger partial charge >= 0.3 is 0 Å². The van der Waals surface area contributed by atoms with Gasteiger partial charge in [0.05, 0.1) is 17.9 Å². The number of hydrogen-bond donors (Lipinski definition) is 4. The van der Waals surface area contributed by atoms with Gasteiger partial charge in [-0.1, -0.05) is 0 Å². The monoisotopic (exact) mass is 249 g/mol. The van der Waals surface area contributed by atoms with Crippen molar-refractivity contribution in [3.63, 3.8) is 0 Å². The second kappa shape index (κ2) is 5.19. The Hall–Kier alpha value is -1.86. The number of nitrogen functional groups attached to an aromatic ring is 1. The highest BCUT2D eigenvalue weighted by Gasteiger charge is 2.16. The number of nitrogens with two attached hydrogens (primary N) is 2. The molecule has 0 aliphatic heterocycles. The summed E-state index contributed by atoms with van der Waals surface area (Å²) in [6, 6.07) is 2.24. The molecule has 2 rings (SSSR count). The van der Waals surface area contributed by atoms with E-state index in [1.54, 1.807) is 6.20 Å². The van der Waals surface area contributed by atoms with E-state index >= 15 is 0 Å². The lowest BCUT2D eigenvalue weighted by molar-refractivity contribution is 0.507. The van der Waals surface area contributed by atoms with Gasteiger partial charge in [0.1, 0.15) is 5.82 Å². The first-order valence-electron chi connectivity index (χ1n) is 5.90. The largest absolute Gasteiger partial charge is 0.384 e. The highest BCUT2D eigenvalue weighted by molar-refractivity contribution is 5.39. The summed E-state index contributed by atoms with van der Waals surface area (Å²) in [5, 5.41) is 11.1. The van der Waals surface area contributed by atoms with E-state index in [0.717, 1.165) is 11.3 Å². The molecule has 0 amide bonds. The third kappa shape index (κ3) is 2.52. The Morgan fingerprint density at radius 2 is 2.28 bits per heavy atom. The van der Waals surface area contributed by atoms with Crippen LogP contribution in [0.1, 0.15) is 37.2 Å². The number of aromatic nitrogens is 4. The normalized spacial score (nSPS) is 13.1. The molecule has 0 saturated carbocycles. The molecule has 98 valence electrons. The number of rotatable bonds is 5. The molecule has 2 aromatic heterocycles. The lowest BCUT2D eigenvalue weighted by atomic mass is 10.1. The van der Waals surface area contributed by atoms with Crippen LogP contribution in [0.3, 0.4) is 0 Å². The maximum Gasteiger partial charge on any atom is 0.123 e. The van der Waals surface area contributed by atoms with Crippen LogP contribution in [0, 0.1) is 0 Å². The van der Waals surface area contributed by atoms with Crippen LogP contribution in [0.25, 0.3) is 0 Å². The topological polar surface area (TPSA) is 111 Å². The molecule has 6 N–H and O–H groups in total. The van der Waals surface area contributed by atoms with Crippen molar-refractivity contribution >= 4 is 5.82 Å². The van der Waals surface area contributed by atoms with E-state index in [9.17, 15) is 0 Å². The molecule has 2 heterocycles. The zero-order valence-electron chi connectivity index (χ0n) is 10.6. The first-order valence-corrected chi connectivity index (χ1v) is 5.90. The molecule has 1 atom stereocenters. The number of H-pyrrole nitrogens is 1. The van der Waals surface area contributed by atoms with Crippen molar-refractivity contribution in [2.24, 2.45) is 5.84 Å². The third-order valence-electron chi connectivity index (χ3n) is 2.88. The molecule has 1 unspecified atom stereocenters. The van der Waals surface area contributed by atoms with Gasteiger partial charge in [-0.15, -0.1) is 0 Å². The van der Waals surface area contributed by atoms with Gasteiger partial charge in [-0.05, 0) is 19.9 Å². The van der Waals surface area contributed by atoms with E-state index in [-0.39, 0.29) is 6.04 Å². The molecule has 7 nitrogen and oxygen atoms in total. The van der Waals surface area contributed by atoms with E-state index in [1.807, 2.05) is 16.9 Å². The molecule has 18 heavy (non-hydrogen) atoms. The fraction of sp³-hybridized carbons (Fsp3) is 0.455. The minimum atomic E-state index is -0.0979. The molecule has 0 bridgehead atoms. The minimum Gasteiger partial charge on any atom is -0.384 e. The molecule has 0 fully saturated rings. The fourth-order valence-corrected chi connectivity index (χ4v) is 1.82. The van der Waals surface area contributed by atoms with E-state index in [1.165, 1.54) is 0 Å². The van der Waals surface area contributed by atoms with Gasteiger partial charge < -0.3 is 5.73 Å². The van der Waals surface area contributed by atoms with Crippen LogP contribution in [0.4, 0.5) is 5.82 Å². The molecule has 7 heteroatoms. The van der Waals surface area contributed by atoms with Crippen LogP contribution in [-0.2, 0) is 6.42 Å². The first-order chi connectivity index (χ1) is 8.61. The van der Waals surface area contributed by atoms with Gasteiger partial charge in [0.25, 0.3) is 0 Å². The van der Waals surface area contributed by atoms with Crippen LogP contribution in [0.2, 0.25) is 0 Å². The number of nitrogens with zero attached hydrogens (tertiary/aromatic N) is 3. The third-order valence-corrected chi connectivity index (χ3v) is 2.88. The Morgan fingerprint density at radius 3 is 2.78 bits per heavy atom. The standard InChI is InChI=1S/C11H19N7/c1-7(2)18-4-3-8(17-18)5-10(15-13)9-6-14-16-11(9)12/h3-4,6-7,10,15H,5,13H2,1-2H3,(H3,12,14,16). The highest BCUT2D eigenvalue weighted by Crippen LogP contribution is 2.20. The summed E-state index contributed by atoms with van der Waals surface area (Å²) in [4.78, 5) is 0. The van der Waals surface area contributed by atoms with Crippen molar-refractivity contribution in [1.29, 1.82) is 0 Å². The van der Waals surface area contributed by atoms with Gasteiger partial charge in [0.2, 0.25) is 0 Å². The number of hydrogen-bond acceptors (Lipinski definition) is 5. The summed E-state index contributed by atoms with van der Waals surface area (Å²) >= 11 is 0. The molecule has 0 aliphatic rings. The summed E-state index contributed by atoms with van der Waals surface area (Å²) in [5.74, 6) is 6.09. The van der Waals surface area contributed by atoms with Gasteiger partial charge in [-0.2, -0.15) is 10.2 Å². The second-order valence-corrected chi connectivity index (χ2v) is 4.54. The van der Waals surface area contributed by atoms with Gasteiger partial charge in [-0.3, -0.25) is 21.0 Å². The second-order valence-electron chi connectivity index (χ2n) is 4.54. The summed E-state index contributed by atoms with van der Waals surface area (Å²) in [6.07, 6.45) is 4.31. The molecule has 0 saturated heterocycles. The average Bonchev–Trinajstić information content (AvgIpc) is 2.95. The lowest BCUT2D eigenvalue weighted by Crippen LogP contribution is -2.30. The van der Waals surface area contributed by atoms with Crippen molar-refractivity contribution in [3.05, 3.63) is 29.7 Å². The number of nitrogens with one attached hydrogen (secondary N) is 2. The Labute approximate surface area is 106 Å². The van der Waals surface area contributed by atoms with Gasteiger partial charge in [0.15, 0.2) is 0 Å². The predicted molar refractivity (Wildman–Crippen MR) is 69.4 cm³/mol. The fourth-order valence-electron chi connectivity index (χ4n) is 1.82. The molecule has 2 aromatic rings. The van der Waals surface area contributed by atoms with Crippen molar-refractivity contribution < 1.29 is 0 Å². The van der Waals surface area contributed by atoms with E-state index in [2.05, 4.69) is 34.6 Å². The van der Waals surface area contributed by atoms with Gasteiger partial charge in [0, 0.05) is 24.2 Å². The van der Waals surface area contributed by atoms with Gasteiger partial charge in [-0.25, -0.2) is 0 Å². The zero-order chi connectivity index (χ0) is 13.1. The highest BCUT2D eigenvalue weighted by atomic mass is 15.3. The smallest absolute Gasteiger partial charge is 0.123 e. The Balaban J connectivity index is 2.13. The predicted octanol–water partition coefficient (Wildman–Crippen LogP) is 0.516. The summed E-state index contributed by atoms with van der Waals surface area (Å²) < 4.78 is 1.92. The van der Waals surface area contributed by atoms with Crippen LogP contribution in [0.15, 0.2) is 18.5 Å². The maximum atomic E-state index is 5.78. The number of anilines is 1. The van der Waals surface area contributed by atoms with E-state index in [0.29, 0.717) is 18.3 Å². The molecular weight excluding hydrogens is 230 g/mol. The van der Waals surface area contributed by atoms with Crippen LogP contribution < -0.4 is 17.0 Å². The molecule has 0 spiro atoms. The van der Waals surface area contributed by atoms with Crippen molar-refractivity contribution in [3.8, 4) is 0 Å². The molecule has 0 aromatic carbocycles. The zero-order valence-corrected chi connectivity index (χ0v) is 10.6. The van der Waals surface area contributed by atoms with Crippen molar-refractivity contribution in [2.75, 3.05) is 5.73 Å². The van der Waals surface area contributed by atoms with Crippen molar-refractivity contribution in [1.82, 2.24) is 25.4 Å². The number of aromatic amines is 1. The lowest BCUT2D eigenvalue weighted by Gasteiger charge is -2.13. The average molecular weight is 249 g/mol. The van der Waals surface area contributed by atoms with E-state index in [4.69, 9.17) is 11.6 Å². The summed E-state index contributed by atoms with van der Waals surface area (Å²) in [6.45, 7) is 4.17.